The summed E-state index contributed by atoms with van der Waals surface area (Å²) in [5.74, 6) is -2.27. The van der Waals surface area contributed by atoms with Gasteiger partial charge in [0.05, 0.1) is 18.1 Å². The number of sulfone groups is 1. The smallest absolute Gasteiger partial charge is 0.347 e. The second kappa shape index (κ2) is 11.5. The van der Waals surface area contributed by atoms with Gasteiger partial charge in [-0.25, -0.2) is 26.4 Å². The Morgan fingerprint density at radius 1 is 1.00 bits per heavy atom. The molecule has 2 atom stereocenters. The minimum absolute atomic E-state index is 0.0854. The average Bonchev–Trinajstić information content (AvgIpc) is 2.49. The van der Waals surface area contributed by atoms with Crippen LogP contribution < -0.4 is 4.72 Å². The molecule has 0 aromatic heterocycles. The van der Waals surface area contributed by atoms with E-state index in [1.807, 2.05) is 6.92 Å². The topological polar surface area (TPSA) is 133 Å². The van der Waals surface area contributed by atoms with Crippen molar-refractivity contribution in [2.24, 2.45) is 0 Å². The summed E-state index contributed by atoms with van der Waals surface area (Å²) in [6, 6.07) is -1.21. The molecule has 0 spiro atoms. The summed E-state index contributed by atoms with van der Waals surface area (Å²) < 4.78 is 58.0. The van der Waals surface area contributed by atoms with Gasteiger partial charge in [0, 0.05) is 6.26 Å². The van der Waals surface area contributed by atoms with Gasteiger partial charge in [-0.2, -0.15) is 0 Å². The number of unbranched alkanes of at least 4 members (excludes halogenated alkanes) is 1. The molecule has 0 aliphatic heterocycles. The predicted molar refractivity (Wildman–Crippen MR) is 96.8 cm³/mol. The van der Waals surface area contributed by atoms with Crippen LogP contribution in [-0.2, 0) is 38.9 Å². The lowest BCUT2D eigenvalue weighted by atomic mass is 10.1. The normalized spacial score (nSPS) is 14.5. The van der Waals surface area contributed by atoms with Crippen molar-refractivity contribution in [2.75, 3.05) is 24.4 Å². The number of carbonyl (C=O) groups excluding carboxylic acids is 2. The number of hydrogen-bond donors (Lipinski definition) is 1. The van der Waals surface area contributed by atoms with Crippen LogP contribution in [0.3, 0.4) is 0 Å². The lowest BCUT2D eigenvalue weighted by Gasteiger charge is -2.19. The Labute approximate surface area is 155 Å². The van der Waals surface area contributed by atoms with Gasteiger partial charge < -0.3 is 9.47 Å². The second-order valence-electron chi connectivity index (χ2n) is 5.96. The summed E-state index contributed by atoms with van der Waals surface area (Å²) >= 11 is 0. The van der Waals surface area contributed by atoms with Crippen molar-refractivity contribution < 1.29 is 35.9 Å². The molecule has 2 unspecified atom stereocenters. The Bertz CT molecular complexity index is 657. The van der Waals surface area contributed by atoms with E-state index < -0.39 is 49.7 Å². The first-order valence-corrected chi connectivity index (χ1v) is 12.2. The van der Waals surface area contributed by atoms with Crippen LogP contribution >= 0.6 is 0 Å². The molecular weight excluding hydrogens is 386 g/mol. The third-order valence-electron chi connectivity index (χ3n) is 3.27. The van der Waals surface area contributed by atoms with E-state index in [0.717, 1.165) is 12.7 Å². The zero-order valence-electron chi connectivity index (χ0n) is 15.7. The van der Waals surface area contributed by atoms with Crippen LogP contribution in [-0.4, -0.2) is 65.3 Å². The number of nitrogens with one attached hydrogen (secondary N) is 1. The minimum atomic E-state index is -3.86. The van der Waals surface area contributed by atoms with Crippen molar-refractivity contribution in [1.29, 1.82) is 0 Å². The van der Waals surface area contributed by atoms with Gasteiger partial charge in [-0.1, -0.05) is 13.3 Å². The Balaban J connectivity index is 4.72. The number of ether oxygens (including phenoxy) is 2. The fourth-order valence-electron chi connectivity index (χ4n) is 1.98. The standard InChI is InChI=1S/C15H29NO8S2/c1-5-7-9-13(15(18)23-6-2)24-14(17)12(3)16-26(21,22)11-8-10-25(4,19)20/h12-13,16H,5-11H2,1-4H3. The van der Waals surface area contributed by atoms with Crippen LogP contribution in [0.15, 0.2) is 0 Å². The molecule has 0 heterocycles. The maximum Gasteiger partial charge on any atom is 0.347 e. The first-order valence-electron chi connectivity index (χ1n) is 8.46. The maximum absolute atomic E-state index is 12.1. The molecule has 0 amide bonds. The first-order chi connectivity index (χ1) is 11.9. The highest BCUT2D eigenvalue weighted by Crippen LogP contribution is 2.09. The molecule has 0 saturated carbocycles. The molecule has 154 valence electrons. The summed E-state index contributed by atoms with van der Waals surface area (Å²) in [6.45, 7) is 4.97. The number of esters is 2. The summed E-state index contributed by atoms with van der Waals surface area (Å²) in [5.41, 5.74) is 0. The fraction of sp³-hybridized carbons (Fsp3) is 0.867. The summed E-state index contributed by atoms with van der Waals surface area (Å²) in [5, 5.41) is 0. The zero-order valence-corrected chi connectivity index (χ0v) is 17.3. The molecule has 26 heavy (non-hydrogen) atoms. The van der Waals surface area contributed by atoms with Crippen molar-refractivity contribution in [2.45, 2.75) is 58.6 Å². The van der Waals surface area contributed by atoms with Crippen molar-refractivity contribution >= 4 is 31.8 Å². The first kappa shape index (κ1) is 24.8. The molecule has 9 nitrogen and oxygen atoms in total. The van der Waals surface area contributed by atoms with E-state index in [0.29, 0.717) is 6.42 Å². The summed E-state index contributed by atoms with van der Waals surface area (Å²) in [7, 11) is -7.13. The SMILES string of the molecule is CCCCC(OC(=O)C(C)NS(=O)(=O)CCCS(C)(=O)=O)C(=O)OCC. The number of rotatable bonds is 13. The van der Waals surface area contributed by atoms with E-state index in [-0.39, 0.29) is 25.2 Å². The molecule has 0 bridgehead atoms. The van der Waals surface area contributed by atoms with Crippen molar-refractivity contribution in [3.63, 3.8) is 0 Å². The number of hydrogen-bond acceptors (Lipinski definition) is 8. The van der Waals surface area contributed by atoms with Crippen molar-refractivity contribution in [1.82, 2.24) is 4.72 Å². The van der Waals surface area contributed by atoms with Crippen LogP contribution in [0.4, 0.5) is 0 Å². The molecule has 0 saturated heterocycles. The van der Waals surface area contributed by atoms with Crippen LogP contribution in [0.1, 0.15) is 46.5 Å². The molecular formula is C15H29NO8S2. The number of carbonyl (C=O) groups is 2. The van der Waals surface area contributed by atoms with Crippen molar-refractivity contribution in [3.05, 3.63) is 0 Å². The lowest BCUT2D eigenvalue weighted by Crippen LogP contribution is -2.43. The largest absolute Gasteiger partial charge is 0.463 e. The van der Waals surface area contributed by atoms with E-state index in [1.54, 1.807) is 6.92 Å². The predicted octanol–water partition coefficient (Wildman–Crippen LogP) is 0.394. The highest BCUT2D eigenvalue weighted by atomic mass is 32.2. The van der Waals surface area contributed by atoms with Crippen LogP contribution in [0, 0.1) is 0 Å². The molecule has 11 heteroatoms. The van der Waals surface area contributed by atoms with Gasteiger partial charge in [0.1, 0.15) is 15.9 Å². The van der Waals surface area contributed by atoms with Crippen LogP contribution in [0.5, 0.6) is 0 Å². The Kier molecular flexibility index (Phi) is 11.0. The zero-order chi connectivity index (χ0) is 20.4. The van der Waals surface area contributed by atoms with Gasteiger partial charge in [-0.15, -0.1) is 0 Å². The second-order valence-corrected chi connectivity index (χ2v) is 10.1. The van der Waals surface area contributed by atoms with Crippen LogP contribution in [0.25, 0.3) is 0 Å². The van der Waals surface area contributed by atoms with Gasteiger partial charge in [0.25, 0.3) is 0 Å². The Morgan fingerprint density at radius 3 is 2.12 bits per heavy atom. The third kappa shape index (κ3) is 11.4. The van der Waals surface area contributed by atoms with E-state index in [2.05, 4.69) is 4.72 Å². The minimum Gasteiger partial charge on any atom is -0.463 e. The van der Waals surface area contributed by atoms with Gasteiger partial charge in [-0.3, -0.25) is 4.79 Å². The van der Waals surface area contributed by atoms with Crippen LogP contribution in [0.2, 0.25) is 0 Å². The highest BCUT2D eigenvalue weighted by Gasteiger charge is 2.28. The Morgan fingerprint density at radius 2 is 1.62 bits per heavy atom. The van der Waals surface area contributed by atoms with Gasteiger partial charge >= 0.3 is 11.9 Å². The lowest BCUT2D eigenvalue weighted by molar-refractivity contribution is -0.168. The molecule has 0 radical (unpaired) electrons. The Hall–Kier alpha value is -1.20. The maximum atomic E-state index is 12.1. The van der Waals surface area contributed by atoms with Gasteiger partial charge in [0.15, 0.2) is 6.10 Å². The quantitative estimate of drug-likeness (QED) is 0.427. The van der Waals surface area contributed by atoms with Gasteiger partial charge in [0.2, 0.25) is 10.0 Å². The molecule has 0 aliphatic rings. The highest BCUT2D eigenvalue weighted by molar-refractivity contribution is 7.91. The van der Waals surface area contributed by atoms with Crippen molar-refractivity contribution in [3.8, 4) is 0 Å². The molecule has 0 aliphatic carbocycles. The van der Waals surface area contributed by atoms with E-state index in [1.165, 1.54) is 6.92 Å². The summed E-state index contributed by atoms with van der Waals surface area (Å²) in [6.07, 6.45) is 1.56. The van der Waals surface area contributed by atoms with Gasteiger partial charge in [-0.05, 0) is 33.1 Å². The third-order valence-corrected chi connectivity index (χ3v) is 5.83. The molecule has 0 aromatic rings. The molecule has 1 N–H and O–H groups in total. The molecule has 0 aromatic carbocycles. The summed E-state index contributed by atoms with van der Waals surface area (Å²) in [4.78, 5) is 23.9. The average molecular weight is 416 g/mol. The molecule has 0 fully saturated rings. The van der Waals surface area contributed by atoms with E-state index in [4.69, 9.17) is 9.47 Å². The molecule has 0 rings (SSSR count). The monoisotopic (exact) mass is 415 g/mol. The number of sulfonamides is 1. The van der Waals surface area contributed by atoms with E-state index in [9.17, 15) is 26.4 Å². The fourth-order valence-corrected chi connectivity index (χ4v) is 4.11. The van der Waals surface area contributed by atoms with E-state index >= 15 is 0 Å².